The van der Waals surface area contributed by atoms with Crippen LogP contribution in [-0.4, -0.2) is 96.7 Å². The lowest BCUT2D eigenvalue weighted by Crippen LogP contribution is -2.30. The molecule has 0 amide bonds. The summed E-state index contributed by atoms with van der Waals surface area (Å²) in [5.74, 6) is -2.35. The molecule has 0 spiro atoms. The van der Waals surface area contributed by atoms with Crippen LogP contribution >= 0.6 is 15.6 Å². The molecule has 0 saturated heterocycles. The van der Waals surface area contributed by atoms with E-state index < -0.39 is 97.5 Å². The highest BCUT2D eigenvalue weighted by atomic mass is 31.2. The molecule has 5 atom stereocenters. The standard InChI is InChI=1S/C79H134O17P2/c1-5-9-13-17-21-25-29-32-34-35-36-37-39-41-45-48-52-56-60-64-77(82)90-70-75(96-79(84)66-62-58-54-50-46-42-38-33-30-26-22-18-14-10-6-2)72-94-98(87,88)92-68-73(80)67-91-97(85,86)93-71-74(95-78(83)65-61-57-53-49-43-28-24-20-16-12-8-4)69-89-76(81)63-59-55-51-47-44-40-31-27-23-19-15-11-7-3/h9-10,13-14,21-22,25-26,32-34,36-38,41,45-46,50,58,62,73-75,80H,5-8,11-12,15-20,23-24,27-31,35,39-40,42-44,47-49,51-57,59-61,63-72H2,1-4H3,(H,85,86)(H,87,88)/b13-9-,14-10-,25-21-,26-22-,34-32-,37-36-,38-33-,45-41-,50-46-,62-58-. The predicted octanol–water partition coefficient (Wildman–Crippen LogP) is 21.6. The first-order valence-corrected chi connectivity index (χ1v) is 40.8. The van der Waals surface area contributed by atoms with E-state index in [4.69, 9.17) is 37.0 Å². The Labute approximate surface area is 593 Å². The smallest absolute Gasteiger partial charge is 0.462 e. The van der Waals surface area contributed by atoms with Crippen molar-refractivity contribution >= 4 is 39.5 Å². The maximum atomic E-state index is 13.1. The van der Waals surface area contributed by atoms with Crippen LogP contribution in [0.4, 0.5) is 0 Å². The number of phosphoric acid groups is 2. The van der Waals surface area contributed by atoms with E-state index >= 15 is 0 Å². The van der Waals surface area contributed by atoms with Gasteiger partial charge in [0.05, 0.1) is 32.8 Å². The molecular weight excluding hydrogens is 1280 g/mol. The van der Waals surface area contributed by atoms with Gasteiger partial charge in [-0.05, 0) is 96.3 Å². The highest BCUT2D eigenvalue weighted by Gasteiger charge is 2.30. The second-order valence-electron chi connectivity index (χ2n) is 24.9. The zero-order chi connectivity index (χ0) is 71.8. The number of aliphatic hydroxyl groups excluding tert-OH is 1. The number of hydrogen-bond donors (Lipinski definition) is 3. The fourth-order valence-electron chi connectivity index (χ4n) is 9.79. The van der Waals surface area contributed by atoms with Gasteiger partial charge in [-0.25, -0.2) is 9.13 Å². The zero-order valence-corrected chi connectivity index (χ0v) is 63.0. The summed E-state index contributed by atoms with van der Waals surface area (Å²) >= 11 is 0. The summed E-state index contributed by atoms with van der Waals surface area (Å²) in [6.45, 7) is 4.49. The van der Waals surface area contributed by atoms with Crippen LogP contribution in [0.2, 0.25) is 0 Å². The lowest BCUT2D eigenvalue weighted by molar-refractivity contribution is -0.161. The summed E-state index contributed by atoms with van der Waals surface area (Å²) in [5.41, 5.74) is 0. The van der Waals surface area contributed by atoms with Gasteiger partial charge in [-0.1, -0.05) is 297 Å². The monoisotopic (exact) mass is 1420 g/mol. The normalized spacial score (nSPS) is 14.6. The van der Waals surface area contributed by atoms with E-state index in [-0.39, 0.29) is 25.7 Å². The molecule has 17 nitrogen and oxygen atoms in total. The maximum Gasteiger partial charge on any atom is 0.472 e. The second kappa shape index (κ2) is 70.9. The number of allylic oxidation sites excluding steroid dienone is 19. The van der Waals surface area contributed by atoms with Crippen molar-refractivity contribution in [3.8, 4) is 0 Å². The lowest BCUT2D eigenvalue weighted by Gasteiger charge is -2.21. The number of carbonyl (C=O) groups excluding carboxylic acids is 4. The number of ether oxygens (including phenoxy) is 4. The summed E-state index contributed by atoms with van der Waals surface area (Å²) in [5, 5.41) is 10.6. The van der Waals surface area contributed by atoms with Gasteiger partial charge in [0, 0.05) is 19.3 Å². The van der Waals surface area contributed by atoms with Crippen molar-refractivity contribution < 1.29 is 80.2 Å². The van der Waals surface area contributed by atoms with Crippen molar-refractivity contribution in [3.05, 3.63) is 122 Å². The molecular formula is C79H134O17P2. The molecule has 5 unspecified atom stereocenters. The molecule has 0 aromatic carbocycles. The minimum absolute atomic E-state index is 0.0949. The van der Waals surface area contributed by atoms with Crippen LogP contribution in [0.3, 0.4) is 0 Å². The molecule has 0 rings (SSSR count). The molecule has 562 valence electrons. The summed E-state index contributed by atoms with van der Waals surface area (Å²) in [7, 11) is -9.98. The van der Waals surface area contributed by atoms with Crippen molar-refractivity contribution in [2.75, 3.05) is 39.6 Å². The van der Waals surface area contributed by atoms with Gasteiger partial charge in [0.15, 0.2) is 12.2 Å². The average molecular weight is 1420 g/mol. The Bertz CT molecular complexity index is 2340. The number of phosphoric ester groups is 2. The van der Waals surface area contributed by atoms with Crippen molar-refractivity contribution in [2.24, 2.45) is 0 Å². The molecule has 0 heterocycles. The molecule has 0 aromatic heterocycles. The Morgan fingerprint density at radius 3 is 0.908 bits per heavy atom. The van der Waals surface area contributed by atoms with E-state index in [2.05, 4.69) is 125 Å². The zero-order valence-electron chi connectivity index (χ0n) is 61.2. The predicted molar refractivity (Wildman–Crippen MR) is 399 cm³/mol. The van der Waals surface area contributed by atoms with Gasteiger partial charge in [0.25, 0.3) is 0 Å². The molecule has 19 heteroatoms. The van der Waals surface area contributed by atoms with Crippen molar-refractivity contribution in [2.45, 2.75) is 316 Å². The van der Waals surface area contributed by atoms with Crippen LogP contribution in [0.25, 0.3) is 0 Å². The Morgan fingerprint density at radius 2 is 0.571 bits per heavy atom. The van der Waals surface area contributed by atoms with E-state index in [1.807, 2.05) is 12.2 Å². The molecule has 0 bridgehead atoms. The third-order valence-corrected chi connectivity index (χ3v) is 17.4. The van der Waals surface area contributed by atoms with Crippen LogP contribution < -0.4 is 0 Å². The Balaban J connectivity index is 5.42. The number of aliphatic hydroxyl groups is 1. The molecule has 0 aromatic rings. The number of unbranched alkanes of at least 4 members (excludes halogenated alkanes) is 25. The van der Waals surface area contributed by atoms with Crippen LogP contribution in [0.15, 0.2) is 122 Å². The van der Waals surface area contributed by atoms with Gasteiger partial charge in [-0.2, -0.15) is 0 Å². The fraction of sp³-hybridized carbons (Fsp3) is 0.696. The molecule has 0 saturated carbocycles. The number of hydrogen-bond acceptors (Lipinski definition) is 15. The molecule has 0 aliphatic rings. The Morgan fingerprint density at radius 1 is 0.306 bits per heavy atom. The lowest BCUT2D eigenvalue weighted by atomic mass is 10.0. The number of esters is 4. The fourth-order valence-corrected chi connectivity index (χ4v) is 11.4. The van der Waals surface area contributed by atoms with Gasteiger partial charge in [0.2, 0.25) is 0 Å². The van der Waals surface area contributed by atoms with E-state index in [0.29, 0.717) is 25.7 Å². The molecule has 0 aliphatic heterocycles. The number of rotatable bonds is 70. The SMILES string of the molecule is CC/C=C\C/C=C\C/C=C\C/C=C\C/C=C\CCCCCC(=O)OCC(COP(=O)(O)OCC(O)COP(=O)(O)OCC(COC(=O)CCCCCCCCCCCCCCC)OC(=O)CCCCCCCCCCCCC)OC(=O)C/C=C\C/C=C\C/C=C\C/C=C\C/C=C\CC. The minimum Gasteiger partial charge on any atom is -0.462 e. The van der Waals surface area contributed by atoms with E-state index in [0.717, 1.165) is 122 Å². The first kappa shape index (κ1) is 93.5. The summed E-state index contributed by atoms with van der Waals surface area (Å²) < 4.78 is 68.2. The van der Waals surface area contributed by atoms with Gasteiger partial charge in [-0.15, -0.1) is 0 Å². The summed E-state index contributed by atoms with van der Waals surface area (Å²) in [4.78, 5) is 72.7. The van der Waals surface area contributed by atoms with Crippen molar-refractivity contribution in [1.29, 1.82) is 0 Å². The van der Waals surface area contributed by atoms with Gasteiger partial charge < -0.3 is 33.8 Å². The summed E-state index contributed by atoms with van der Waals surface area (Å²) in [6.07, 6.45) is 76.6. The third kappa shape index (κ3) is 69.9. The van der Waals surface area contributed by atoms with Gasteiger partial charge in [0.1, 0.15) is 19.3 Å². The minimum atomic E-state index is -5.01. The number of carbonyl (C=O) groups is 4. The Hall–Kier alpha value is -4.54. The first-order chi connectivity index (χ1) is 47.7. The van der Waals surface area contributed by atoms with E-state index in [1.54, 1.807) is 12.2 Å². The van der Waals surface area contributed by atoms with Crippen LogP contribution in [0, 0.1) is 0 Å². The largest absolute Gasteiger partial charge is 0.472 e. The molecule has 0 aliphatic carbocycles. The quantitative estimate of drug-likeness (QED) is 0.0169. The van der Waals surface area contributed by atoms with Crippen LogP contribution in [-0.2, 0) is 65.4 Å². The third-order valence-electron chi connectivity index (χ3n) is 15.5. The highest BCUT2D eigenvalue weighted by Crippen LogP contribution is 2.45. The van der Waals surface area contributed by atoms with E-state index in [9.17, 15) is 43.2 Å². The van der Waals surface area contributed by atoms with Crippen LogP contribution in [0.5, 0.6) is 0 Å². The molecule has 0 radical (unpaired) electrons. The molecule has 98 heavy (non-hydrogen) atoms. The summed E-state index contributed by atoms with van der Waals surface area (Å²) in [6, 6.07) is 0. The van der Waals surface area contributed by atoms with Gasteiger partial charge >= 0.3 is 39.5 Å². The first-order valence-electron chi connectivity index (χ1n) is 37.8. The molecule has 0 fully saturated rings. The topological polar surface area (TPSA) is 237 Å². The molecule has 3 N–H and O–H groups in total. The Kier molecular flexibility index (Phi) is 67.6. The van der Waals surface area contributed by atoms with Crippen molar-refractivity contribution in [1.82, 2.24) is 0 Å². The van der Waals surface area contributed by atoms with Crippen molar-refractivity contribution in [3.63, 3.8) is 0 Å². The van der Waals surface area contributed by atoms with Crippen LogP contribution in [0.1, 0.15) is 297 Å². The van der Waals surface area contributed by atoms with Gasteiger partial charge in [-0.3, -0.25) is 37.3 Å². The maximum absolute atomic E-state index is 13.1. The highest BCUT2D eigenvalue weighted by molar-refractivity contribution is 7.47. The average Bonchev–Trinajstić information content (AvgIpc) is 0.992. The van der Waals surface area contributed by atoms with E-state index in [1.165, 1.54) is 96.3 Å². The second-order valence-corrected chi connectivity index (χ2v) is 27.8.